The van der Waals surface area contributed by atoms with Crippen LogP contribution in [0.1, 0.15) is 16.3 Å². The van der Waals surface area contributed by atoms with Crippen molar-refractivity contribution in [1.29, 1.82) is 0 Å². The molecule has 0 amide bonds. The fraction of sp³-hybridized carbons (Fsp3) is 0.304. The molecule has 0 N–H and O–H groups in total. The van der Waals surface area contributed by atoms with Crippen LogP contribution in [0.2, 0.25) is 0 Å². The van der Waals surface area contributed by atoms with Gasteiger partial charge in [-0.25, -0.2) is 4.98 Å². The van der Waals surface area contributed by atoms with Gasteiger partial charge in [0.15, 0.2) is 6.29 Å². The number of nitrogens with zero attached hydrogens (tertiary/aromatic N) is 5. The Morgan fingerprint density at radius 1 is 1.23 bits per heavy atom. The molecular formula is C23H27N5OS2. The van der Waals surface area contributed by atoms with Crippen molar-refractivity contribution in [3.63, 3.8) is 0 Å². The number of thioether (sulfide) groups is 1. The molecule has 0 aliphatic rings. The highest BCUT2D eigenvalue weighted by molar-refractivity contribution is 8.03. The maximum absolute atomic E-state index is 11.8. The average Bonchev–Trinajstić information content (AvgIpc) is 3.12. The van der Waals surface area contributed by atoms with Crippen molar-refractivity contribution in [2.24, 2.45) is 4.99 Å². The van der Waals surface area contributed by atoms with Gasteiger partial charge in [0.05, 0.1) is 33.0 Å². The molecule has 0 spiro atoms. The zero-order chi connectivity index (χ0) is 22.5. The number of aldehydes is 1. The van der Waals surface area contributed by atoms with Gasteiger partial charge in [-0.1, -0.05) is 0 Å². The zero-order valence-electron chi connectivity index (χ0n) is 18.7. The number of pyridine rings is 1. The van der Waals surface area contributed by atoms with Gasteiger partial charge in [-0.2, -0.15) is 0 Å². The molecule has 0 unspecified atom stereocenters. The van der Waals surface area contributed by atoms with Crippen LogP contribution in [0.4, 0.5) is 11.4 Å². The lowest BCUT2D eigenvalue weighted by atomic mass is 10.0. The smallest absolute Gasteiger partial charge is 0.156 e. The van der Waals surface area contributed by atoms with Gasteiger partial charge in [-0.3, -0.25) is 14.8 Å². The van der Waals surface area contributed by atoms with Crippen molar-refractivity contribution in [2.75, 3.05) is 43.7 Å². The minimum Gasteiger partial charge on any atom is -0.377 e. The van der Waals surface area contributed by atoms with Crippen LogP contribution in [-0.2, 0) is 4.79 Å². The Hall–Kier alpha value is -2.71. The Morgan fingerprint density at radius 3 is 2.68 bits per heavy atom. The molecule has 162 valence electrons. The van der Waals surface area contributed by atoms with Crippen molar-refractivity contribution in [3.8, 4) is 0 Å². The van der Waals surface area contributed by atoms with Crippen LogP contribution in [0, 0.1) is 13.8 Å². The first kappa shape index (κ1) is 23.0. The third kappa shape index (κ3) is 5.14. The molecule has 3 rings (SSSR count). The summed E-state index contributed by atoms with van der Waals surface area (Å²) in [5.41, 5.74) is 5.74. The van der Waals surface area contributed by atoms with E-state index in [0.717, 1.165) is 45.0 Å². The Kier molecular flexibility index (Phi) is 7.46. The molecule has 1 aromatic carbocycles. The molecule has 0 saturated carbocycles. The highest BCUT2D eigenvalue weighted by atomic mass is 32.2. The number of carbonyl (C=O) groups is 1. The zero-order valence-corrected chi connectivity index (χ0v) is 20.3. The highest BCUT2D eigenvalue weighted by Gasteiger charge is 2.17. The number of aromatic nitrogens is 2. The number of hydrogen-bond donors (Lipinski definition) is 0. The first-order chi connectivity index (χ1) is 14.8. The molecule has 0 aliphatic carbocycles. The number of aliphatic imine (C=N–C) groups is 1. The summed E-state index contributed by atoms with van der Waals surface area (Å²) in [6.45, 7) is 4.36. The fourth-order valence-electron chi connectivity index (χ4n) is 3.39. The van der Waals surface area contributed by atoms with Crippen LogP contribution < -0.4 is 9.80 Å². The summed E-state index contributed by atoms with van der Waals surface area (Å²) in [7, 11) is 5.94. The maximum Gasteiger partial charge on any atom is 0.156 e. The van der Waals surface area contributed by atoms with E-state index in [1.165, 1.54) is 16.5 Å². The van der Waals surface area contributed by atoms with E-state index in [0.29, 0.717) is 11.4 Å². The lowest BCUT2D eigenvalue weighted by Gasteiger charge is -2.21. The van der Waals surface area contributed by atoms with Crippen molar-refractivity contribution >= 4 is 62.9 Å². The van der Waals surface area contributed by atoms with Gasteiger partial charge < -0.3 is 9.80 Å². The van der Waals surface area contributed by atoms with E-state index in [2.05, 4.69) is 33.2 Å². The van der Waals surface area contributed by atoms with Gasteiger partial charge in [0, 0.05) is 55.5 Å². The predicted octanol–water partition coefficient (Wildman–Crippen LogP) is 4.81. The summed E-state index contributed by atoms with van der Waals surface area (Å²) in [5.74, 6) is 0. The van der Waals surface area contributed by atoms with E-state index in [4.69, 9.17) is 0 Å². The van der Waals surface area contributed by atoms with Gasteiger partial charge >= 0.3 is 0 Å². The van der Waals surface area contributed by atoms with Crippen molar-refractivity contribution in [2.45, 2.75) is 13.8 Å². The molecule has 0 atom stereocenters. The molecular weight excluding hydrogens is 426 g/mol. The molecule has 2 heterocycles. The van der Waals surface area contributed by atoms with Crippen LogP contribution in [-0.4, -0.2) is 56.5 Å². The third-order valence-electron chi connectivity index (χ3n) is 4.92. The molecule has 6 nitrogen and oxygen atoms in total. The van der Waals surface area contributed by atoms with Crippen LogP contribution in [0.5, 0.6) is 0 Å². The Labute approximate surface area is 191 Å². The maximum atomic E-state index is 11.8. The van der Waals surface area contributed by atoms with E-state index in [1.54, 1.807) is 23.9 Å². The van der Waals surface area contributed by atoms with Crippen LogP contribution in [0.15, 0.2) is 40.4 Å². The van der Waals surface area contributed by atoms with Crippen LogP contribution >= 0.6 is 23.1 Å². The molecule has 0 fully saturated rings. The van der Waals surface area contributed by atoms with Gasteiger partial charge in [0.25, 0.3) is 0 Å². The van der Waals surface area contributed by atoms with Crippen molar-refractivity contribution in [1.82, 2.24) is 9.97 Å². The summed E-state index contributed by atoms with van der Waals surface area (Å²) in [6.07, 6.45) is 6.40. The van der Waals surface area contributed by atoms with E-state index in [1.807, 2.05) is 57.1 Å². The molecule has 0 saturated heterocycles. The normalized spacial score (nSPS) is 12.3. The second-order valence-corrected chi connectivity index (χ2v) is 9.38. The summed E-state index contributed by atoms with van der Waals surface area (Å²) < 4.78 is 1.18. The number of fused-ring (bicyclic) bond motifs is 1. The minimum absolute atomic E-state index is 0.380. The third-order valence-corrected chi connectivity index (χ3v) is 6.65. The summed E-state index contributed by atoms with van der Waals surface area (Å²) in [4.78, 5) is 30.2. The molecule has 0 aliphatic heterocycles. The largest absolute Gasteiger partial charge is 0.377 e. The standard InChI is InChI=1S/C23H27N5OS2/c1-15-23(20(27(3)4)9-10-25-15)18(22(13-29)30-6)12-24-14-28(5)17-7-8-21-19(11-17)26-16(2)31-21/h7-11,13-14H,12H2,1-6H3/b22-18-,24-14?. The molecule has 2 aromatic heterocycles. The summed E-state index contributed by atoms with van der Waals surface area (Å²) in [5, 5.41) is 1.06. The number of thiazole rings is 1. The first-order valence-corrected chi connectivity index (χ1v) is 11.9. The number of rotatable bonds is 8. The SMILES string of the molecule is CS/C(C=O)=C(/CN=CN(C)c1ccc2sc(C)nc2c1)c1c(N(C)C)ccnc1C. The lowest BCUT2D eigenvalue weighted by molar-refractivity contribution is -0.104. The van der Waals surface area contributed by atoms with Gasteiger partial charge in [0.2, 0.25) is 0 Å². The Balaban J connectivity index is 1.92. The van der Waals surface area contributed by atoms with Crippen molar-refractivity contribution in [3.05, 3.63) is 51.6 Å². The quantitative estimate of drug-likeness (QED) is 0.211. The Bertz CT molecular complexity index is 1150. The molecule has 3 aromatic rings. The van der Waals surface area contributed by atoms with Crippen LogP contribution in [0.25, 0.3) is 15.8 Å². The molecule has 31 heavy (non-hydrogen) atoms. The van der Waals surface area contributed by atoms with E-state index >= 15 is 0 Å². The van der Waals surface area contributed by atoms with Gasteiger partial charge in [-0.15, -0.1) is 23.1 Å². The van der Waals surface area contributed by atoms with Crippen molar-refractivity contribution < 1.29 is 4.79 Å². The average molecular weight is 454 g/mol. The second-order valence-electron chi connectivity index (χ2n) is 7.30. The molecule has 8 heteroatoms. The first-order valence-electron chi connectivity index (χ1n) is 9.81. The number of hydrogen-bond acceptors (Lipinski definition) is 7. The van der Waals surface area contributed by atoms with E-state index < -0.39 is 0 Å². The fourth-order valence-corrected chi connectivity index (χ4v) is 4.71. The summed E-state index contributed by atoms with van der Waals surface area (Å²) >= 11 is 3.12. The Morgan fingerprint density at radius 2 is 2.00 bits per heavy atom. The lowest BCUT2D eigenvalue weighted by Crippen LogP contribution is -2.16. The van der Waals surface area contributed by atoms with Crippen LogP contribution in [0.3, 0.4) is 0 Å². The second kappa shape index (κ2) is 10.1. The van der Waals surface area contributed by atoms with Gasteiger partial charge in [-0.05, 0) is 44.4 Å². The molecule has 0 radical (unpaired) electrons. The predicted molar refractivity (Wildman–Crippen MR) is 136 cm³/mol. The van der Waals surface area contributed by atoms with E-state index in [9.17, 15) is 4.79 Å². The van der Waals surface area contributed by atoms with E-state index in [-0.39, 0.29) is 0 Å². The number of allylic oxidation sites excluding steroid dienone is 1. The number of anilines is 2. The number of benzene rings is 1. The van der Waals surface area contributed by atoms with Gasteiger partial charge in [0.1, 0.15) is 0 Å². The summed E-state index contributed by atoms with van der Waals surface area (Å²) in [6, 6.07) is 8.18. The number of aryl methyl sites for hydroxylation is 2. The topological polar surface area (TPSA) is 61.7 Å². The monoisotopic (exact) mass is 453 g/mol. The molecule has 0 bridgehead atoms. The highest BCUT2D eigenvalue weighted by Crippen LogP contribution is 2.33. The minimum atomic E-state index is 0.380. The number of carbonyl (C=O) groups excluding carboxylic acids is 1.